The maximum atomic E-state index is 11.4. The maximum Gasteiger partial charge on any atom is 0.227 e. The van der Waals surface area contributed by atoms with Gasteiger partial charge in [-0.2, -0.15) is 0 Å². The minimum absolute atomic E-state index is 0. The van der Waals surface area contributed by atoms with E-state index in [9.17, 15) is 4.79 Å². The molecule has 3 heteroatoms. The lowest BCUT2D eigenvalue weighted by molar-refractivity contribution is -0.117. The summed E-state index contributed by atoms with van der Waals surface area (Å²) in [6.07, 6.45) is 1.70. The predicted molar refractivity (Wildman–Crippen MR) is 81.2 cm³/mol. The van der Waals surface area contributed by atoms with Crippen LogP contribution >= 0.6 is 0 Å². The summed E-state index contributed by atoms with van der Waals surface area (Å²) in [5.41, 5.74) is 2.27. The summed E-state index contributed by atoms with van der Waals surface area (Å²) < 4.78 is 0. The number of amides is 1. The molecule has 2 rings (SSSR count). The Hall–Kier alpha value is -1.25. The van der Waals surface area contributed by atoms with E-state index in [1.54, 1.807) is 0 Å². The van der Waals surface area contributed by atoms with Gasteiger partial charge < -0.3 is 4.90 Å². The van der Waals surface area contributed by atoms with Gasteiger partial charge in [-0.1, -0.05) is 45.4 Å². The molecule has 1 aromatic rings. The monoisotopic (exact) mass is 246 g/mol. The topological polar surface area (TPSA) is 20.3 Å². The van der Waals surface area contributed by atoms with Crippen molar-refractivity contribution < 1.29 is 4.79 Å². The second-order valence-electron chi connectivity index (χ2n) is 3.48. The lowest BCUT2D eigenvalue weighted by Crippen LogP contribution is -2.23. The highest BCUT2D eigenvalue weighted by Gasteiger charge is 2.20. The molecule has 0 saturated carbocycles. The number of carbonyl (C=O) groups excluding carboxylic acids is 1. The van der Waals surface area contributed by atoms with Crippen molar-refractivity contribution in [1.82, 2.24) is 0 Å². The molecule has 0 aliphatic carbocycles. The van der Waals surface area contributed by atoms with E-state index in [-0.39, 0.29) is 14.3 Å². The minimum atomic E-state index is 0. The average molecular weight is 246 g/mol. The molecule has 18 heavy (non-hydrogen) atoms. The van der Waals surface area contributed by atoms with Crippen LogP contribution in [-0.4, -0.2) is 20.9 Å². The molecule has 0 bridgehead atoms. The largest absolute Gasteiger partial charge is 0.312 e. The number of aryl methyl sites for hydroxylation is 1. The Kier molecular flexibility index (Phi) is 11.5. The van der Waals surface area contributed by atoms with Gasteiger partial charge in [0.1, 0.15) is 0 Å². The van der Waals surface area contributed by atoms with Crippen molar-refractivity contribution in [3.63, 3.8) is 0 Å². The van der Waals surface area contributed by atoms with Gasteiger partial charge in [0.05, 0.1) is 0 Å². The molecule has 2 nitrogen and oxygen atoms in total. The SMILES string of the molecule is CC.CC.Cc1ccc(N2CCCC2=O)cc1.[B]. The zero-order chi connectivity index (χ0) is 13.3. The highest BCUT2D eigenvalue weighted by Crippen LogP contribution is 2.21. The third-order valence-electron chi connectivity index (χ3n) is 2.42. The van der Waals surface area contributed by atoms with Gasteiger partial charge in [-0.15, -0.1) is 0 Å². The molecule has 1 saturated heterocycles. The molecule has 1 aliphatic rings. The van der Waals surface area contributed by atoms with Gasteiger partial charge in [0.15, 0.2) is 0 Å². The molecule has 1 aromatic carbocycles. The van der Waals surface area contributed by atoms with E-state index in [1.807, 2.05) is 56.9 Å². The van der Waals surface area contributed by atoms with E-state index >= 15 is 0 Å². The Labute approximate surface area is 114 Å². The van der Waals surface area contributed by atoms with Gasteiger partial charge >= 0.3 is 0 Å². The zero-order valence-corrected chi connectivity index (χ0v) is 12.4. The Morgan fingerprint density at radius 3 is 1.89 bits per heavy atom. The Bertz CT molecular complexity index is 322. The van der Waals surface area contributed by atoms with E-state index < -0.39 is 0 Å². The highest BCUT2D eigenvalue weighted by atomic mass is 16.2. The van der Waals surface area contributed by atoms with Crippen LogP contribution in [0.1, 0.15) is 46.1 Å². The summed E-state index contributed by atoms with van der Waals surface area (Å²) in [7, 11) is 0. The number of benzene rings is 1. The van der Waals surface area contributed by atoms with E-state index in [1.165, 1.54) is 5.56 Å². The second kappa shape index (κ2) is 10.9. The molecule has 0 spiro atoms. The predicted octanol–water partition coefficient (Wildman–Crippen LogP) is 3.79. The zero-order valence-electron chi connectivity index (χ0n) is 12.4. The fourth-order valence-corrected chi connectivity index (χ4v) is 1.65. The fraction of sp³-hybridized carbons (Fsp3) is 0.533. The quantitative estimate of drug-likeness (QED) is 0.690. The summed E-state index contributed by atoms with van der Waals surface area (Å²) in [5, 5.41) is 0. The number of anilines is 1. The molecular weight excluding hydrogens is 221 g/mol. The van der Waals surface area contributed by atoms with Crippen molar-refractivity contribution in [3.8, 4) is 0 Å². The van der Waals surface area contributed by atoms with Crippen LogP contribution in [0.15, 0.2) is 24.3 Å². The van der Waals surface area contributed by atoms with Crippen LogP contribution in [0.4, 0.5) is 5.69 Å². The molecule has 99 valence electrons. The third kappa shape index (κ3) is 5.39. The molecule has 0 unspecified atom stereocenters. The standard InChI is InChI=1S/C11H13NO.2C2H6.B/c1-9-4-6-10(7-5-9)12-8-2-3-11(12)13;2*1-2;/h4-7H,2-3,8H2,1H3;2*1-2H3;. The van der Waals surface area contributed by atoms with Gasteiger partial charge in [0, 0.05) is 27.1 Å². The van der Waals surface area contributed by atoms with Crippen molar-refractivity contribution in [2.45, 2.75) is 47.5 Å². The summed E-state index contributed by atoms with van der Waals surface area (Å²) in [4.78, 5) is 13.2. The number of hydrogen-bond donors (Lipinski definition) is 0. The summed E-state index contributed by atoms with van der Waals surface area (Å²) >= 11 is 0. The van der Waals surface area contributed by atoms with Gasteiger partial charge in [-0.25, -0.2) is 0 Å². The van der Waals surface area contributed by atoms with Crippen LogP contribution in [0.25, 0.3) is 0 Å². The molecule has 1 heterocycles. The van der Waals surface area contributed by atoms with Crippen LogP contribution < -0.4 is 4.90 Å². The van der Waals surface area contributed by atoms with Crippen molar-refractivity contribution in [2.75, 3.05) is 11.4 Å². The van der Waals surface area contributed by atoms with E-state index in [0.29, 0.717) is 6.42 Å². The van der Waals surface area contributed by atoms with Crippen LogP contribution in [0.3, 0.4) is 0 Å². The lowest BCUT2D eigenvalue weighted by Gasteiger charge is -2.15. The normalized spacial score (nSPS) is 12.7. The third-order valence-corrected chi connectivity index (χ3v) is 2.42. The molecule has 0 aromatic heterocycles. The van der Waals surface area contributed by atoms with E-state index in [4.69, 9.17) is 0 Å². The Morgan fingerprint density at radius 2 is 1.50 bits per heavy atom. The second-order valence-corrected chi connectivity index (χ2v) is 3.48. The van der Waals surface area contributed by atoms with Crippen LogP contribution in [-0.2, 0) is 4.79 Å². The summed E-state index contributed by atoms with van der Waals surface area (Å²) in [6.45, 7) is 10.9. The molecule has 3 radical (unpaired) electrons. The Morgan fingerprint density at radius 1 is 1.00 bits per heavy atom. The highest BCUT2D eigenvalue weighted by molar-refractivity contribution is 5.95. The van der Waals surface area contributed by atoms with E-state index in [0.717, 1.165) is 18.7 Å². The first-order valence-electron chi connectivity index (χ1n) is 6.64. The average Bonchev–Trinajstić information content (AvgIpc) is 2.82. The lowest BCUT2D eigenvalue weighted by atomic mass is 10.2. The summed E-state index contributed by atoms with van der Waals surface area (Å²) in [6, 6.07) is 8.11. The first-order chi connectivity index (χ1) is 8.27. The van der Waals surface area contributed by atoms with Crippen molar-refractivity contribution in [3.05, 3.63) is 29.8 Å². The first-order valence-corrected chi connectivity index (χ1v) is 6.64. The Balaban J connectivity index is 0. The van der Waals surface area contributed by atoms with Crippen molar-refractivity contribution in [1.29, 1.82) is 0 Å². The van der Waals surface area contributed by atoms with Crippen LogP contribution in [0.2, 0.25) is 0 Å². The molecule has 1 fully saturated rings. The van der Waals surface area contributed by atoms with Crippen LogP contribution in [0, 0.1) is 6.92 Å². The van der Waals surface area contributed by atoms with Crippen LogP contribution in [0.5, 0.6) is 0 Å². The van der Waals surface area contributed by atoms with E-state index in [2.05, 4.69) is 6.92 Å². The van der Waals surface area contributed by atoms with Gasteiger partial charge in [-0.05, 0) is 25.5 Å². The van der Waals surface area contributed by atoms with Gasteiger partial charge in [0.2, 0.25) is 5.91 Å². The van der Waals surface area contributed by atoms with Crippen molar-refractivity contribution >= 4 is 20.0 Å². The molecule has 1 amide bonds. The number of carbonyl (C=O) groups is 1. The maximum absolute atomic E-state index is 11.4. The molecule has 0 N–H and O–H groups in total. The summed E-state index contributed by atoms with van der Waals surface area (Å²) in [5.74, 6) is 0.254. The van der Waals surface area contributed by atoms with Gasteiger partial charge in [0.25, 0.3) is 0 Å². The van der Waals surface area contributed by atoms with Gasteiger partial charge in [-0.3, -0.25) is 4.79 Å². The number of hydrogen-bond acceptors (Lipinski definition) is 1. The molecular formula is C15H25BNO. The van der Waals surface area contributed by atoms with Crippen molar-refractivity contribution in [2.24, 2.45) is 0 Å². The molecule has 1 aliphatic heterocycles. The fourth-order valence-electron chi connectivity index (χ4n) is 1.65. The minimum Gasteiger partial charge on any atom is -0.312 e. The molecule has 0 atom stereocenters. The number of nitrogens with zero attached hydrogens (tertiary/aromatic N) is 1. The number of rotatable bonds is 1. The smallest absolute Gasteiger partial charge is 0.227 e. The first kappa shape index (κ1) is 19.1.